The van der Waals surface area contributed by atoms with Crippen LogP contribution in [0.4, 0.5) is 0 Å². The van der Waals surface area contributed by atoms with Gasteiger partial charge < -0.3 is 10.3 Å². The van der Waals surface area contributed by atoms with Crippen LogP contribution in [0.15, 0.2) is 53.4 Å². The molecule has 2 N–H and O–H groups in total. The van der Waals surface area contributed by atoms with Crippen LogP contribution in [0.2, 0.25) is 0 Å². The van der Waals surface area contributed by atoms with E-state index in [0.29, 0.717) is 5.56 Å². The van der Waals surface area contributed by atoms with Crippen molar-refractivity contribution in [3.05, 3.63) is 65.2 Å². The van der Waals surface area contributed by atoms with Crippen LogP contribution in [0.25, 0.3) is 0 Å². The number of rotatable bonds is 2. The Labute approximate surface area is 132 Å². The molecule has 2 aromatic carbocycles. The predicted molar refractivity (Wildman–Crippen MR) is 81.1 cm³/mol. The molecule has 0 spiro atoms. The van der Waals surface area contributed by atoms with Gasteiger partial charge in [0.1, 0.15) is 5.60 Å². The fraction of sp³-hybridized carbons (Fsp3) is 0.200. The van der Waals surface area contributed by atoms with Crippen LogP contribution in [-0.4, -0.2) is 30.3 Å². The molecule has 7 heteroatoms. The Balaban J connectivity index is 2.29. The molecule has 0 aromatic heterocycles. The van der Waals surface area contributed by atoms with Gasteiger partial charge in [-0.05, 0) is 17.2 Å². The summed E-state index contributed by atoms with van der Waals surface area (Å²) in [5.74, 6) is 0. The molecule has 0 saturated heterocycles. The largest absolute Gasteiger partial charge is 0.379 e. The van der Waals surface area contributed by atoms with E-state index in [4.69, 9.17) is 10.7 Å². The van der Waals surface area contributed by atoms with E-state index in [9.17, 15) is 18.7 Å². The normalized spacial score (nSPS) is 22.3. The second-order valence-electron chi connectivity index (χ2n) is 5.27. The number of hydroxylamine groups is 2. The van der Waals surface area contributed by atoms with E-state index in [1.165, 1.54) is 18.2 Å². The highest BCUT2D eigenvalue weighted by Gasteiger charge is 2.41. The van der Waals surface area contributed by atoms with Crippen LogP contribution in [0.5, 0.6) is 0 Å². The molecule has 0 aliphatic carbocycles. The summed E-state index contributed by atoms with van der Waals surface area (Å²) >= 11 is 0. The summed E-state index contributed by atoms with van der Waals surface area (Å²) in [5.41, 5.74) is -0.230. The molecule has 0 bridgehead atoms. The zero-order valence-corrected chi connectivity index (χ0v) is 13.0. The minimum Gasteiger partial charge on any atom is -0.379 e. The second kappa shape index (κ2) is 5.33. The van der Waals surface area contributed by atoms with Crippen molar-refractivity contribution >= 4 is 19.7 Å². The first-order valence-corrected chi connectivity index (χ1v) is 8.92. The maximum atomic E-state index is 11.8. The SMILES string of the molecule is O=S(=O)(Cl)c1ccccc1C1(O)CN(O)Cc2ccccc21. The Morgan fingerprint density at radius 3 is 2.32 bits per heavy atom. The standard InChI is InChI=1S/C15H14ClNO4S/c16-22(20,21)14-8-4-3-7-13(14)15(18)10-17(19)9-11-5-1-2-6-12(11)15/h1-8,18-19H,9-10H2. The fourth-order valence-corrected chi connectivity index (χ4v) is 4.06. The minimum atomic E-state index is -4.03. The van der Waals surface area contributed by atoms with Crippen LogP contribution in [0.1, 0.15) is 16.7 Å². The third-order valence-corrected chi connectivity index (χ3v) is 5.20. The van der Waals surface area contributed by atoms with Gasteiger partial charge in [0, 0.05) is 22.8 Å². The third kappa shape index (κ3) is 2.53. The molecule has 1 atom stereocenters. The number of nitrogens with zero attached hydrogens (tertiary/aromatic N) is 1. The monoisotopic (exact) mass is 339 g/mol. The fourth-order valence-electron chi connectivity index (χ4n) is 2.91. The average Bonchev–Trinajstić information content (AvgIpc) is 2.46. The summed E-state index contributed by atoms with van der Waals surface area (Å²) in [4.78, 5) is -0.163. The molecule has 3 rings (SSSR count). The van der Waals surface area contributed by atoms with E-state index in [1.807, 2.05) is 0 Å². The number of hydrogen-bond donors (Lipinski definition) is 2. The van der Waals surface area contributed by atoms with Crippen LogP contribution in [0, 0.1) is 0 Å². The maximum Gasteiger partial charge on any atom is 0.261 e. The van der Waals surface area contributed by atoms with Gasteiger partial charge in [-0.3, -0.25) is 0 Å². The first kappa shape index (κ1) is 15.5. The summed E-state index contributed by atoms with van der Waals surface area (Å²) in [7, 11) is 1.46. The van der Waals surface area contributed by atoms with Crippen molar-refractivity contribution in [2.75, 3.05) is 6.54 Å². The van der Waals surface area contributed by atoms with E-state index in [0.717, 1.165) is 10.6 Å². The number of β-amino-alcohol motifs (C(OH)–C–C–N with tert-alkyl or cyclic N) is 1. The number of hydrogen-bond acceptors (Lipinski definition) is 5. The molecule has 2 aromatic rings. The second-order valence-corrected chi connectivity index (χ2v) is 7.81. The van der Waals surface area contributed by atoms with E-state index >= 15 is 0 Å². The quantitative estimate of drug-likeness (QED) is 0.819. The first-order valence-electron chi connectivity index (χ1n) is 6.61. The molecule has 1 unspecified atom stereocenters. The van der Waals surface area contributed by atoms with E-state index in [2.05, 4.69) is 0 Å². The van der Waals surface area contributed by atoms with Gasteiger partial charge in [-0.2, -0.15) is 5.06 Å². The lowest BCUT2D eigenvalue weighted by Gasteiger charge is -2.39. The Hall–Kier alpha value is -1.44. The Morgan fingerprint density at radius 1 is 1.05 bits per heavy atom. The van der Waals surface area contributed by atoms with Gasteiger partial charge in [0.05, 0.1) is 11.4 Å². The lowest BCUT2D eigenvalue weighted by Crippen LogP contribution is -2.45. The lowest BCUT2D eigenvalue weighted by atomic mass is 9.81. The zero-order chi connectivity index (χ0) is 16.0. The Kier molecular flexibility index (Phi) is 3.74. The molecule has 5 nitrogen and oxygen atoms in total. The van der Waals surface area contributed by atoms with Crippen molar-refractivity contribution in [1.82, 2.24) is 5.06 Å². The highest BCUT2D eigenvalue weighted by atomic mass is 35.7. The van der Waals surface area contributed by atoms with Crippen LogP contribution < -0.4 is 0 Å². The number of fused-ring (bicyclic) bond motifs is 1. The molecule has 1 aliphatic rings. The number of halogens is 1. The van der Waals surface area contributed by atoms with Crippen LogP contribution >= 0.6 is 10.7 Å². The smallest absolute Gasteiger partial charge is 0.261 e. The van der Waals surface area contributed by atoms with E-state index < -0.39 is 14.7 Å². The molecule has 1 heterocycles. The lowest BCUT2D eigenvalue weighted by molar-refractivity contribution is -0.150. The van der Waals surface area contributed by atoms with Gasteiger partial charge in [-0.15, -0.1) is 0 Å². The van der Waals surface area contributed by atoms with Crippen molar-refractivity contribution in [1.29, 1.82) is 0 Å². The van der Waals surface area contributed by atoms with Gasteiger partial charge in [0.25, 0.3) is 9.05 Å². The number of benzene rings is 2. The van der Waals surface area contributed by atoms with Crippen LogP contribution in [0.3, 0.4) is 0 Å². The van der Waals surface area contributed by atoms with Gasteiger partial charge in [0.15, 0.2) is 0 Å². The highest BCUT2D eigenvalue weighted by molar-refractivity contribution is 8.13. The molecule has 0 saturated carbocycles. The van der Waals surface area contributed by atoms with E-state index in [1.54, 1.807) is 30.3 Å². The van der Waals surface area contributed by atoms with Crippen molar-refractivity contribution in [3.63, 3.8) is 0 Å². The van der Waals surface area contributed by atoms with Crippen molar-refractivity contribution in [3.8, 4) is 0 Å². The topological polar surface area (TPSA) is 77.8 Å². The predicted octanol–water partition coefficient (Wildman–Crippen LogP) is 2.05. The zero-order valence-electron chi connectivity index (χ0n) is 11.5. The molecular formula is C15H14ClNO4S. The summed E-state index contributed by atoms with van der Waals surface area (Å²) in [6.07, 6.45) is 0. The highest BCUT2D eigenvalue weighted by Crippen LogP contribution is 2.40. The summed E-state index contributed by atoms with van der Waals surface area (Å²) in [5, 5.41) is 22.1. The van der Waals surface area contributed by atoms with Gasteiger partial charge in [-0.1, -0.05) is 42.5 Å². The molecule has 1 aliphatic heterocycles. The summed E-state index contributed by atoms with van der Waals surface area (Å²) in [6, 6.07) is 13.1. The molecule has 22 heavy (non-hydrogen) atoms. The molecule has 0 fully saturated rings. The Bertz CT molecular complexity index is 824. The summed E-state index contributed by atoms with van der Waals surface area (Å²) < 4.78 is 23.6. The molecule has 0 amide bonds. The molecule has 116 valence electrons. The third-order valence-electron chi connectivity index (χ3n) is 3.82. The minimum absolute atomic E-state index is 0.145. The molecular weight excluding hydrogens is 326 g/mol. The van der Waals surface area contributed by atoms with Crippen molar-refractivity contribution in [2.45, 2.75) is 17.0 Å². The molecule has 0 radical (unpaired) electrons. The first-order chi connectivity index (χ1) is 10.3. The van der Waals surface area contributed by atoms with Gasteiger partial charge >= 0.3 is 0 Å². The van der Waals surface area contributed by atoms with Gasteiger partial charge in [-0.25, -0.2) is 8.42 Å². The number of aliphatic hydroxyl groups is 1. The van der Waals surface area contributed by atoms with E-state index in [-0.39, 0.29) is 23.5 Å². The average molecular weight is 340 g/mol. The maximum absolute atomic E-state index is 11.8. The van der Waals surface area contributed by atoms with Crippen molar-refractivity contribution < 1.29 is 18.7 Å². The van der Waals surface area contributed by atoms with Crippen molar-refractivity contribution in [2.24, 2.45) is 0 Å². The van der Waals surface area contributed by atoms with Crippen LogP contribution in [-0.2, 0) is 21.2 Å². The summed E-state index contributed by atoms with van der Waals surface area (Å²) in [6.45, 7) is 0.113. The van der Waals surface area contributed by atoms with Gasteiger partial charge in [0.2, 0.25) is 0 Å². The Morgan fingerprint density at radius 2 is 1.64 bits per heavy atom.